The Hall–Kier alpha value is -2.23. The van der Waals surface area contributed by atoms with E-state index in [9.17, 15) is 13.6 Å². The first-order valence-electron chi connectivity index (χ1n) is 7.02. The van der Waals surface area contributed by atoms with Gasteiger partial charge in [-0.15, -0.1) is 0 Å². The first-order valence-corrected chi connectivity index (χ1v) is 7.02. The number of pyridine rings is 1. The van der Waals surface area contributed by atoms with Crippen molar-refractivity contribution in [3.63, 3.8) is 0 Å². The second kappa shape index (κ2) is 4.90. The minimum atomic E-state index is -2.75. The highest BCUT2D eigenvalue weighted by Gasteiger charge is 2.58. The largest absolute Gasteiger partial charge is 0.490 e. The fourth-order valence-electron chi connectivity index (χ4n) is 3.19. The zero-order valence-corrected chi connectivity index (χ0v) is 12.1. The molecule has 0 aromatic carbocycles. The lowest BCUT2D eigenvalue weighted by molar-refractivity contribution is -0.183. The first-order chi connectivity index (χ1) is 10.3. The van der Waals surface area contributed by atoms with Crippen LogP contribution in [-0.2, 0) is 11.3 Å². The highest BCUT2D eigenvalue weighted by molar-refractivity contribution is 5.84. The van der Waals surface area contributed by atoms with Crippen LogP contribution in [0.5, 0.6) is 5.75 Å². The molecule has 1 aliphatic heterocycles. The van der Waals surface area contributed by atoms with Crippen LogP contribution in [0.2, 0.25) is 0 Å². The molecule has 2 aliphatic rings. The molecule has 0 saturated heterocycles. The van der Waals surface area contributed by atoms with E-state index in [0.717, 1.165) is 0 Å². The normalized spacial score (nSPS) is 21.6. The number of hydrogen-bond donors (Lipinski definition) is 0. The number of rotatable bonds is 1. The average Bonchev–Trinajstić information content (AvgIpc) is 2.65. The maximum absolute atomic E-state index is 13.1. The van der Waals surface area contributed by atoms with Crippen LogP contribution < -0.4 is 4.74 Å². The Labute approximate surface area is 126 Å². The van der Waals surface area contributed by atoms with Gasteiger partial charge in [0.05, 0.1) is 18.5 Å². The second-order valence-electron chi connectivity index (χ2n) is 6.13. The standard InChI is InChI=1S/C15H15F2N3O2/c1-14(8-15(16,17)9-14)13(21)20-2-3-22-12-10(4-18)5-19-6-11(12)7-20/h5-6H,2-3,7-9H2,1H3. The van der Waals surface area contributed by atoms with E-state index in [0.29, 0.717) is 23.4 Å². The molecule has 1 fully saturated rings. The third-order valence-electron chi connectivity index (χ3n) is 4.16. The molecule has 22 heavy (non-hydrogen) atoms. The molecular weight excluding hydrogens is 292 g/mol. The summed E-state index contributed by atoms with van der Waals surface area (Å²) in [5, 5.41) is 9.06. The molecule has 0 spiro atoms. The predicted octanol–water partition coefficient (Wildman–Crippen LogP) is 2.11. The highest BCUT2D eigenvalue weighted by atomic mass is 19.3. The van der Waals surface area contributed by atoms with E-state index >= 15 is 0 Å². The summed E-state index contributed by atoms with van der Waals surface area (Å²) in [4.78, 5) is 18.0. The summed E-state index contributed by atoms with van der Waals surface area (Å²) < 4.78 is 31.8. The van der Waals surface area contributed by atoms with Crippen molar-refractivity contribution in [2.75, 3.05) is 13.2 Å². The van der Waals surface area contributed by atoms with Crippen molar-refractivity contribution in [2.24, 2.45) is 5.41 Å². The minimum Gasteiger partial charge on any atom is -0.490 e. The van der Waals surface area contributed by atoms with E-state index in [1.54, 1.807) is 13.1 Å². The Kier molecular flexibility index (Phi) is 3.28. The summed E-state index contributed by atoms with van der Waals surface area (Å²) in [7, 11) is 0. The minimum absolute atomic E-state index is 0.220. The number of nitrogens with zero attached hydrogens (tertiary/aromatic N) is 3. The van der Waals surface area contributed by atoms with Crippen LogP contribution in [-0.4, -0.2) is 34.9 Å². The van der Waals surface area contributed by atoms with Gasteiger partial charge < -0.3 is 9.64 Å². The fraction of sp³-hybridized carbons (Fsp3) is 0.533. The van der Waals surface area contributed by atoms with Crippen molar-refractivity contribution < 1.29 is 18.3 Å². The second-order valence-corrected chi connectivity index (χ2v) is 6.13. The van der Waals surface area contributed by atoms with Gasteiger partial charge in [0.1, 0.15) is 24.0 Å². The number of aromatic nitrogens is 1. The maximum Gasteiger partial charge on any atom is 0.250 e. The molecule has 0 N–H and O–H groups in total. The van der Waals surface area contributed by atoms with Gasteiger partial charge in [-0.25, -0.2) is 8.78 Å². The quantitative estimate of drug-likeness (QED) is 0.797. The molecule has 0 unspecified atom stereocenters. The molecule has 116 valence electrons. The van der Waals surface area contributed by atoms with E-state index in [1.165, 1.54) is 11.1 Å². The number of hydrogen-bond acceptors (Lipinski definition) is 4. The maximum atomic E-state index is 13.1. The van der Waals surface area contributed by atoms with Crippen molar-refractivity contribution in [3.05, 3.63) is 23.5 Å². The molecule has 1 saturated carbocycles. The van der Waals surface area contributed by atoms with Crippen LogP contribution in [0.3, 0.4) is 0 Å². The van der Waals surface area contributed by atoms with Gasteiger partial charge in [0.25, 0.3) is 0 Å². The summed E-state index contributed by atoms with van der Waals surface area (Å²) >= 11 is 0. The van der Waals surface area contributed by atoms with E-state index in [-0.39, 0.29) is 19.1 Å². The van der Waals surface area contributed by atoms with Crippen molar-refractivity contribution in [2.45, 2.75) is 32.2 Å². The summed E-state index contributed by atoms with van der Waals surface area (Å²) in [6.07, 6.45) is 2.11. The molecule has 1 amide bonds. The van der Waals surface area contributed by atoms with Crippen LogP contribution in [0.15, 0.2) is 12.4 Å². The lowest BCUT2D eigenvalue weighted by Gasteiger charge is -2.45. The Morgan fingerprint density at radius 3 is 2.82 bits per heavy atom. The van der Waals surface area contributed by atoms with E-state index in [1.807, 2.05) is 6.07 Å². The lowest BCUT2D eigenvalue weighted by atomic mass is 9.66. The van der Waals surface area contributed by atoms with Gasteiger partial charge in [0, 0.05) is 30.8 Å². The predicted molar refractivity (Wildman–Crippen MR) is 72.2 cm³/mol. The summed E-state index contributed by atoms with van der Waals surface area (Å²) in [5.74, 6) is -2.62. The van der Waals surface area contributed by atoms with Gasteiger partial charge in [-0.05, 0) is 0 Å². The van der Waals surface area contributed by atoms with Crippen LogP contribution in [0.25, 0.3) is 0 Å². The van der Waals surface area contributed by atoms with Crippen LogP contribution in [0.4, 0.5) is 8.78 Å². The highest BCUT2D eigenvalue weighted by Crippen LogP contribution is 2.52. The number of carbonyl (C=O) groups excluding carboxylic acids is 1. The molecule has 0 bridgehead atoms. The number of halogens is 2. The van der Waals surface area contributed by atoms with E-state index < -0.39 is 24.2 Å². The van der Waals surface area contributed by atoms with Crippen molar-refractivity contribution in [3.8, 4) is 11.8 Å². The summed E-state index contributed by atoms with van der Waals surface area (Å²) in [5.41, 5.74) is -0.0818. The number of nitriles is 1. The molecule has 3 rings (SSSR count). The van der Waals surface area contributed by atoms with Crippen LogP contribution in [0, 0.1) is 16.7 Å². The fourth-order valence-corrected chi connectivity index (χ4v) is 3.19. The molecule has 1 aromatic rings. The molecule has 5 nitrogen and oxygen atoms in total. The summed E-state index contributed by atoms with van der Waals surface area (Å²) in [6, 6.07) is 2.00. The van der Waals surface area contributed by atoms with Gasteiger partial charge in [0.15, 0.2) is 0 Å². The van der Waals surface area contributed by atoms with Gasteiger partial charge in [-0.1, -0.05) is 6.92 Å². The molecule has 0 atom stereocenters. The lowest BCUT2D eigenvalue weighted by Crippen LogP contribution is -2.54. The van der Waals surface area contributed by atoms with Crippen molar-refractivity contribution in [1.82, 2.24) is 9.88 Å². The average molecular weight is 307 g/mol. The first kappa shape index (κ1) is 14.7. The number of ether oxygens (including phenoxy) is 1. The van der Waals surface area contributed by atoms with Gasteiger partial charge in [0.2, 0.25) is 11.8 Å². The molecule has 7 heteroatoms. The van der Waals surface area contributed by atoms with Crippen LogP contribution >= 0.6 is 0 Å². The Morgan fingerprint density at radius 1 is 1.45 bits per heavy atom. The summed E-state index contributed by atoms with van der Waals surface area (Å²) in [6.45, 7) is 2.32. The molecule has 1 aromatic heterocycles. The molecule has 2 heterocycles. The van der Waals surface area contributed by atoms with E-state index in [4.69, 9.17) is 10.00 Å². The Morgan fingerprint density at radius 2 is 2.18 bits per heavy atom. The monoisotopic (exact) mass is 307 g/mol. The van der Waals surface area contributed by atoms with Crippen molar-refractivity contribution >= 4 is 5.91 Å². The van der Waals surface area contributed by atoms with Gasteiger partial charge in [-0.2, -0.15) is 5.26 Å². The number of amides is 1. The SMILES string of the molecule is CC1(C(=O)N2CCOc3c(C#N)cncc3C2)CC(F)(F)C1. The van der Waals surface area contributed by atoms with Gasteiger partial charge >= 0.3 is 0 Å². The molecule has 0 radical (unpaired) electrons. The van der Waals surface area contributed by atoms with E-state index in [2.05, 4.69) is 4.98 Å². The molecule has 1 aliphatic carbocycles. The molecular formula is C15H15F2N3O2. The zero-order chi connectivity index (χ0) is 16.0. The number of fused-ring (bicyclic) bond motifs is 1. The Balaban J connectivity index is 1.82. The third kappa shape index (κ3) is 2.39. The van der Waals surface area contributed by atoms with Crippen molar-refractivity contribution in [1.29, 1.82) is 5.26 Å². The third-order valence-corrected chi connectivity index (χ3v) is 4.16. The number of alkyl halides is 2. The number of carbonyl (C=O) groups is 1. The topological polar surface area (TPSA) is 66.2 Å². The smallest absolute Gasteiger partial charge is 0.250 e. The van der Waals surface area contributed by atoms with Gasteiger partial charge in [-0.3, -0.25) is 9.78 Å². The Bertz CT molecular complexity index is 661. The van der Waals surface area contributed by atoms with Crippen LogP contribution in [0.1, 0.15) is 30.9 Å². The zero-order valence-electron chi connectivity index (χ0n) is 12.1.